The van der Waals surface area contributed by atoms with Crippen molar-refractivity contribution in [2.45, 2.75) is 107 Å². The van der Waals surface area contributed by atoms with Crippen molar-refractivity contribution in [1.29, 1.82) is 0 Å². The highest BCUT2D eigenvalue weighted by molar-refractivity contribution is 5.30. The summed E-state index contributed by atoms with van der Waals surface area (Å²) in [6, 6.07) is 0. The molecule has 0 heterocycles. The molecule has 10 atom stereocenters. The summed E-state index contributed by atoms with van der Waals surface area (Å²) in [4.78, 5) is 0. The molecule has 0 amide bonds. The molecule has 0 aromatic carbocycles. The van der Waals surface area contributed by atoms with Crippen molar-refractivity contribution >= 4 is 0 Å². The van der Waals surface area contributed by atoms with Gasteiger partial charge in [-0.05, 0) is 75.5 Å². The molecule has 6 heteroatoms. The molecule has 0 aliphatic heterocycles. The number of rotatable bonds is 1. The molecular formula is C21H36O6. The van der Waals surface area contributed by atoms with E-state index in [0.29, 0.717) is 25.7 Å². The van der Waals surface area contributed by atoms with Gasteiger partial charge in [0.05, 0.1) is 29.3 Å². The Kier molecular flexibility index (Phi) is 4.21. The van der Waals surface area contributed by atoms with Crippen LogP contribution in [0.2, 0.25) is 0 Å². The van der Waals surface area contributed by atoms with E-state index in [2.05, 4.69) is 6.92 Å². The summed E-state index contributed by atoms with van der Waals surface area (Å²) in [7, 11) is 0. The molecule has 0 spiro atoms. The van der Waals surface area contributed by atoms with Gasteiger partial charge in [0.15, 0.2) is 0 Å². The molecule has 4 aliphatic carbocycles. The van der Waals surface area contributed by atoms with Crippen LogP contribution in [0.15, 0.2) is 0 Å². The average molecular weight is 385 g/mol. The molecule has 4 aliphatic rings. The monoisotopic (exact) mass is 384 g/mol. The van der Waals surface area contributed by atoms with Crippen molar-refractivity contribution in [3.8, 4) is 0 Å². The fourth-order valence-corrected chi connectivity index (χ4v) is 7.96. The summed E-state index contributed by atoms with van der Waals surface area (Å²) in [6.07, 6.45) is 1.33. The van der Waals surface area contributed by atoms with Gasteiger partial charge >= 0.3 is 0 Å². The van der Waals surface area contributed by atoms with Gasteiger partial charge in [0, 0.05) is 0 Å². The fraction of sp³-hybridized carbons (Fsp3) is 1.00. The van der Waals surface area contributed by atoms with Crippen LogP contribution in [-0.4, -0.2) is 65.8 Å². The molecule has 6 N–H and O–H groups in total. The van der Waals surface area contributed by atoms with E-state index in [9.17, 15) is 30.6 Å². The second-order valence-electron chi connectivity index (χ2n) is 10.6. The van der Waals surface area contributed by atoms with Gasteiger partial charge in [0.25, 0.3) is 0 Å². The Morgan fingerprint density at radius 3 is 2.19 bits per heavy atom. The minimum Gasteiger partial charge on any atom is -0.393 e. The average Bonchev–Trinajstić information content (AvgIpc) is 2.83. The minimum absolute atomic E-state index is 0.141. The Bertz CT molecular complexity index is 626. The lowest BCUT2D eigenvalue weighted by atomic mass is 9.40. The van der Waals surface area contributed by atoms with Gasteiger partial charge in [-0.15, -0.1) is 0 Å². The van der Waals surface area contributed by atoms with Crippen molar-refractivity contribution in [2.75, 3.05) is 0 Å². The van der Waals surface area contributed by atoms with E-state index in [4.69, 9.17) is 0 Å². The summed E-state index contributed by atoms with van der Waals surface area (Å²) in [6.45, 7) is 5.25. The van der Waals surface area contributed by atoms with Crippen LogP contribution in [-0.2, 0) is 0 Å². The van der Waals surface area contributed by atoms with E-state index in [1.165, 1.54) is 6.92 Å². The zero-order valence-electron chi connectivity index (χ0n) is 16.7. The first-order valence-electron chi connectivity index (χ1n) is 10.6. The molecule has 4 saturated carbocycles. The minimum atomic E-state index is -1.67. The van der Waals surface area contributed by atoms with Gasteiger partial charge in [-0.2, -0.15) is 0 Å². The third kappa shape index (κ3) is 2.07. The summed E-state index contributed by atoms with van der Waals surface area (Å²) >= 11 is 0. The Hall–Kier alpha value is -0.240. The standard InChI is InChI=1S/C21H36O6/c1-12(22)19(25)8-9-21(27)18(19,3)16(24)11-15-17(2)6-5-14(23)10-13(17)4-7-20(15,21)26/h12-16,22-27H,4-11H2,1-3H3/t12?,13?,14?,15-,16?,17+,18-,19+,20+,21+/m1/s1. The lowest BCUT2D eigenvalue weighted by Crippen LogP contribution is -2.79. The van der Waals surface area contributed by atoms with Crippen LogP contribution >= 0.6 is 0 Å². The number of fused-ring (bicyclic) bond motifs is 5. The predicted molar refractivity (Wildman–Crippen MR) is 98.7 cm³/mol. The van der Waals surface area contributed by atoms with Crippen LogP contribution in [0.4, 0.5) is 0 Å². The Balaban J connectivity index is 1.81. The van der Waals surface area contributed by atoms with Crippen molar-refractivity contribution in [1.82, 2.24) is 0 Å². The van der Waals surface area contributed by atoms with Crippen molar-refractivity contribution in [3.63, 3.8) is 0 Å². The van der Waals surface area contributed by atoms with Crippen LogP contribution in [0.3, 0.4) is 0 Å². The SMILES string of the molecule is CC(O)[C@@]1(O)CC[C@]2(O)[C@]1(C)C(O)C[C@@H]1[C@@]3(C)CCC(O)CC3CC[C@]12O. The number of aliphatic hydroxyl groups excluding tert-OH is 3. The Labute approximate surface area is 161 Å². The highest BCUT2D eigenvalue weighted by Crippen LogP contribution is 2.71. The molecule has 0 saturated heterocycles. The lowest BCUT2D eigenvalue weighted by Gasteiger charge is -2.69. The molecule has 27 heavy (non-hydrogen) atoms. The first-order valence-corrected chi connectivity index (χ1v) is 10.6. The van der Waals surface area contributed by atoms with Gasteiger partial charge in [0.1, 0.15) is 11.2 Å². The van der Waals surface area contributed by atoms with Crippen molar-refractivity contribution in [2.24, 2.45) is 22.7 Å². The summed E-state index contributed by atoms with van der Waals surface area (Å²) in [5.41, 5.74) is -6.42. The van der Waals surface area contributed by atoms with Gasteiger partial charge in [-0.25, -0.2) is 0 Å². The zero-order chi connectivity index (χ0) is 20.0. The zero-order valence-corrected chi connectivity index (χ0v) is 16.7. The number of hydrogen-bond acceptors (Lipinski definition) is 6. The number of aliphatic hydroxyl groups is 6. The third-order valence-electron chi connectivity index (χ3n) is 9.91. The molecule has 0 aromatic rings. The first kappa shape index (κ1) is 20.0. The second-order valence-corrected chi connectivity index (χ2v) is 10.6. The van der Waals surface area contributed by atoms with Crippen LogP contribution in [0.1, 0.15) is 72.1 Å². The van der Waals surface area contributed by atoms with E-state index in [1.807, 2.05) is 0 Å². The smallest absolute Gasteiger partial charge is 0.104 e. The molecule has 0 bridgehead atoms. The van der Waals surface area contributed by atoms with Crippen molar-refractivity contribution < 1.29 is 30.6 Å². The molecule has 4 unspecified atom stereocenters. The lowest BCUT2D eigenvalue weighted by molar-refractivity contribution is -0.341. The van der Waals surface area contributed by atoms with E-state index < -0.39 is 34.4 Å². The summed E-state index contributed by atoms with van der Waals surface area (Å²) in [5, 5.41) is 66.8. The second kappa shape index (κ2) is 5.67. The van der Waals surface area contributed by atoms with Gasteiger partial charge < -0.3 is 30.6 Å². The third-order valence-corrected chi connectivity index (χ3v) is 9.91. The maximum absolute atomic E-state index is 12.0. The van der Waals surface area contributed by atoms with Gasteiger partial charge in [0.2, 0.25) is 0 Å². The number of hydrogen-bond donors (Lipinski definition) is 6. The summed E-state index contributed by atoms with van der Waals surface area (Å²) < 4.78 is 0. The van der Waals surface area contributed by atoms with Crippen LogP contribution in [0, 0.1) is 22.7 Å². The topological polar surface area (TPSA) is 121 Å². The van der Waals surface area contributed by atoms with Crippen molar-refractivity contribution in [3.05, 3.63) is 0 Å². The quantitative estimate of drug-likeness (QED) is 0.396. The first-order chi connectivity index (χ1) is 12.4. The largest absolute Gasteiger partial charge is 0.393 e. The predicted octanol–water partition coefficient (Wildman–Crippen LogP) is 0.702. The molecule has 6 nitrogen and oxygen atoms in total. The van der Waals surface area contributed by atoms with Crippen LogP contribution in [0.5, 0.6) is 0 Å². The molecule has 0 radical (unpaired) electrons. The van der Waals surface area contributed by atoms with E-state index >= 15 is 0 Å². The van der Waals surface area contributed by atoms with Gasteiger partial charge in [-0.3, -0.25) is 0 Å². The Morgan fingerprint density at radius 1 is 0.889 bits per heavy atom. The maximum atomic E-state index is 12.0. The molecule has 156 valence electrons. The van der Waals surface area contributed by atoms with Gasteiger partial charge in [-0.1, -0.05) is 13.8 Å². The molecular weight excluding hydrogens is 348 g/mol. The highest BCUT2D eigenvalue weighted by atomic mass is 16.4. The molecule has 4 rings (SSSR count). The van der Waals surface area contributed by atoms with Crippen LogP contribution < -0.4 is 0 Å². The molecule has 0 aromatic heterocycles. The normalized spacial score (nSPS) is 61.7. The Morgan fingerprint density at radius 2 is 1.56 bits per heavy atom. The highest BCUT2D eigenvalue weighted by Gasteiger charge is 2.80. The van der Waals surface area contributed by atoms with E-state index in [0.717, 1.165) is 6.42 Å². The fourth-order valence-electron chi connectivity index (χ4n) is 7.96. The van der Waals surface area contributed by atoms with E-state index in [-0.39, 0.29) is 42.6 Å². The summed E-state index contributed by atoms with van der Waals surface area (Å²) in [5.74, 6) is -0.0515. The molecule has 4 fully saturated rings. The maximum Gasteiger partial charge on any atom is 0.104 e. The van der Waals surface area contributed by atoms with Crippen LogP contribution in [0.25, 0.3) is 0 Å². The van der Waals surface area contributed by atoms with E-state index in [1.54, 1.807) is 6.92 Å².